The molecule has 0 aliphatic carbocycles. The number of hydrogen-bond donors (Lipinski definition) is 1. The lowest BCUT2D eigenvalue weighted by Crippen LogP contribution is -2.38. The number of benzene rings is 1. The molecule has 1 N–H and O–H groups in total. The zero-order valence-electron chi connectivity index (χ0n) is 13.7. The molecule has 0 saturated heterocycles. The third-order valence-electron chi connectivity index (χ3n) is 3.55. The average molecular weight is 296 g/mol. The van der Waals surface area contributed by atoms with Crippen molar-refractivity contribution < 1.29 is 0 Å². The zero-order valence-corrected chi connectivity index (χ0v) is 14.4. The van der Waals surface area contributed by atoms with Crippen LogP contribution in [-0.4, -0.2) is 12.1 Å². The second kappa shape index (κ2) is 8.05. The van der Waals surface area contributed by atoms with Gasteiger partial charge >= 0.3 is 0 Å². The fourth-order valence-electron chi connectivity index (χ4n) is 2.32. The molecule has 1 aromatic carbocycles. The summed E-state index contributed by atoms with van der Waals surface area (Å²) in [5.74, 6) is 1.36. The molecular formula is C18H30ClN. The smallest absolute Gasteiger partial charge is 0.0406 e. The zero-order chi connectivity index (χ0) is 15.2. The van der Waals surface area contributed by atoms with Crippen molar-refractivity contribution >= 4 is 11.6 Å². The van der Waals surface area contributed by atoms with Gasteiger partial charge in [0.15, 0.2) is 0 Å². The Hall–Kier alpha value is -0.530. The van der Waals surface area contributed by atoms with Crippen LogP contribution < -0.4 is 5.32 Å². The average Bonchev–Trinajstić information content (AvgIpc) is 2.33. The van der Waals surface area contributed by atoms with Crippen molar-refractivity contribution in [2.75, 3.05) is 6.54 Å². The maximum absolute atomic E-state index is 6.00. The van der Waals surface area contributed by atoms with Gasteiger partial charge in [0.2, 0.25) is 0 Å². The molecule has 0 aliphatic heterocycles. The van der Waals surface area contributed by atoms with Crippen molar-refractivity contribution in [3.63, 3.8) is 0 Å². The Labute approximate surface area is 130 Å². The molecule has 1 rings (SSSR count). The highest BCUT2D eigenvalue weighted by molar-refractivity contribution is 6.30. The fourth-order valence-corrected chi connectivity index (χ4v) is 2.45. The van der Waals surface area contributed by atoms with E-state index < -0.39 is 0 Å². The Kier molecular flexibility index (Phi) is 7.05. The van der Waals surface area contributed by atoms with Crippen LogP contribution in [0.1, 0.15) is 65.4 Å². The molecule has 1 aromatic rings. The Balaban J connectivity index is 2.65. The largest absolute Gasteiger partial charge is 0.311 e. The van der Waals surface area contributed by atoms with Crippen LogP contribution in [0.2, 0.25) is 5.02 Å². The lowest BCUT2D eigenvalue weighted by Gasteiger charge is -2.26. The summed E-state index contributed by atoms with van der Waals surface area (Å²) >= 11 is 6.00. The Morgan fingerprint density at radius 2 is 1.65 bits per heavy atom. The summed E-state index contributed by atoms with van der Waals surface area (Å²) in [5.41, 5.74) is 1.57. The van der Waals surface area contributed by atoms with E-state index in [-0.39, 0.29) is 5.54 Å². The first kappa shape index (κ1) is 17.5. The van der Waals surface area contributed by atoms with E-state index in [9.17, 15) is 0 Å². The van der Waals surface area contributed by atoms with E-state index in [4.69, 9.17) is 11.6 Å². The van der Waals surface area contributed by atoms with E-state index in [2.05, 4.69) is 52.1 Å². The van der Waals surface area contributed by atoms with Gasteiger partial charge in [-0.15, -0.1) is 0 Å². The molecule has 0 aliphatic rings. The van der Waals surface area contributed by atoms with Gasteiger partial charge in [-0.1, -0.05) is 50.4 Å². The van der Waals surface area contributed by atoms with E-state index in [1.165, 1.54) is 24.8 Å². The minimum Gasteiger partial charge on any atom is -0.311 e. The summed E-state index contributed by atoms with van der Waals surface area (Å²) in [5, 5.41) is 4.46. The first-order valence-corrected chi connectivity index (χ1v) is 8.16. The van der Waals surface area contributed by atoms with Crippen LogP contribution in [-0.2, 0) is 0 Å². The van der Waals surface area contributed by atoms with Crippen molar-refractivity contribution in [2.45, 2.75) is 65.3 Å². The van der Waals surface area contributed by atoms with Crippen LogP contribution in [0.15, 0.2) is 24.3 Å². The molecule has 114 valence electrons. The molecule has 0 saturated carbocycles. The Bertz CT molecular complexity index is 375. The number of rotatable bonds is 7. The summed E-state index contributed by atoms with van der Waals surface area (Å²) in [4.78, 5) is 0. The number of nitrogens with one attached hydrogen (secondary N) is 1. The molecule has 0 aromatic heterocycles. The standard InChI is InChI=1S/C18H30ClN/c1-14(2)7-6-8-16(13-20-18(3,4)5)15-9-11-17(19)12-10-15/h9-12,14,16,20H,6-8,13H2,1-5H3. The molecule has 0 radical (unpaired) electrons. The van der Waals surface area contributed by atoms with Crippen molar-refractivity contribution in [1.29, 1.82) is 0 Å². The summed E-state index contributed by atoms with van der Waals surface area (Å²) in [6, 6.07) is 8.35. The predicted molar refractivity (Wildman–Crippen MR) is 90.6 cm³/mol. The summed E-state index contributed by atoms with van der Waals surface area (Å²) in [7, 11) is 0. The second-order valence-electron chi connectivity index (χ2n) is 7.20. The summed E-state index contributed by atoms with van der Waals surface area (Å²) in [6.07, 6.45) is 3.83. The first-order valence-electron chi connectivity index (χ1n) is 7.78. The van der Waals surface area contributed by atoms with Gasteiger partial charge in [0.05, 0.1) is 0 Å². The van der Waals surface area contributed by atoms with E-state index in [0.29, 0.717) is 5.92 Å². The molecule has 1 nitrogen and oxygen atoms in total. The van der Waals surface area contributed by atoms with Crippen LogP contribution in [0.4, 0.5) is 0 Å². The number of halogens is 1. The van der Waals surface area contributed by atoms with Crippen LogP contribution >= 0.6 is 11.6 Å². The molecule has 0 fully saturated rings. The number of hydrogen-bond acceptors (Lipinski definition) is 1. The third-order valence-corrected chi connectivity index (χ3v) is 3.81. The Morgan fingerprint density at radius 3 is 2.15 bits per heavy atom. The van der Waals surface area contributed by atoms with Gasteiger partial charge in [-0.3, -0.25) is 0 Å². The van der Waals surface area contributed by atoms with Crippen LogP contribution in [0, 0.1) is 5.92 Å². The normalized spacial score (nSPS) is 13.8. The minimum atomic E-state index is 0.169. The summed E-state index contributed by atoms with van der Waals surface area (Å²) in [6.45, 7) is 12.3. The van der Waals surface area contributed by atoms with Crippen molar-refractivity contribution in [1.82, 2.24) is 5.32 Å². The van der Waals surface area contributed by atoms with E-state index in [1.807, 2.05) is 12.1 Å². The van der Waals surface area contributed by atoms with E-state index in [1.54, 1.807) is 0 Å². The highest BCUT2D eigenvalue weighted by atomic mass is 35.5. The van der Waals surface area contributed by atoms with Gasteiger partial charge in [0, 0.05) is 17.1 Å². The molecule has 20 heavy (non-hydrogen) atoms. The van der Waals surface area contributed by atoms with Crippen LogP contribution in [0.5, 0.6) is 0 Å². The highest BCUT2D eigenvalue weighted by Crippen LogP contribution is 2.25. The SMILES string of the molecule is CC(C)CCCC(CNC(C)(C)C)c1ccc(Cl)cc1. The predicted octanol–water partition coefficient (Wildman–Crippen LogP) is 5.64. The van der Waals surface area contributed by atoms with Crippen molar-refractivity contribution in [3.05, 3.63) is 34.9 Å². The lowest BCUT2D eigenvalue weighted by atomic mass is 9.91. The molecule has 1 atom stereocenters. The van der Waals surface area contributed by atoms with Crippen LogP contribution in [0.3, 0.4) is 0 Å². The van der Waals surface area contributed by atoms with Crippen molar-refractivity contribution in [2.24, 2.45) is 5.92 Å². The topological polar surface area (TPSA) is 12.0 Å². The maximum atomic E-state index is 6.00. The molecule has 2 heteroatoms. The van der Waals surface area contributed by atoms with E-state index >= 15 is 0 Å². The first-order chi connectivity index (χ1) is 9.28. The van der Waals surface area contributed by atoms with Crippen molar-refractivity contribution in [3.8, 4) is 0 Å². The van der Waals surface area contributed by atoms with Crippen LogP contribution in [0.25, 0.3) is 0 Å². The minimum absolute atomic E-state index is 0.169. The Morgan fingerprint density at radius 1 is 1.05 bits per heavy atom. The van der Waals surface area contributed by atoms with Gasteiger partial charge in [-0.25, -0.2) is 0 Å². The van der Waals surface area contributed by atoms with Gasteiger partial charge in [-0.2, -0.15) is 0 Å². The monoisotopic (exact) mass is 295 g/mol. The van der Waals surface area contributed by atoms with Gasteiger partial charge in [0.25, 0.3) is 0 Å². The third kappa shape index (κ3) is 7.31. The van der Waals surface area contributed by atoms with Gasteiger partial charge in [0.1, 0.15) is 0 Å². The fraction of sp³-hybridized carbons (Fsp3) is 0.667. The molecular weight excluding hydrogens is 266 g/mol. The van der Waals surface area contributed by atoms with Gasteiger partial charge in [-0.05, 0) is 56.7 Å². The summed E-state index contributed by atoms with van der Waals surface area (Å²) < 4.78 is 0. The lowest BCUT2D eigenvalue weighted by molar-refractivity contribution is 0.390. The van der Waals surface area contributed by atoms with E-state index in [0.717, 1.165) is 17.5 Å². The molecule has 0 spiro atoms. The molecule has 0 amide bonds. The molecule has 0 bridgehead atoms. The second-order valence-corrected chi connectivity index (χ2v) is 7.64. The van der Waals surface area contributed by atoms with Gasteiger partial charge < -0.3 is 5.32 Å². The highest BCUT2D eigenvalue weighted by Gasteiger charge is 2.16. The molecule has 0 heterocycles. The quantitative estimate of drug-likeness (QED) is 0.686. The molecule has 1 unspecified atom stereocenters. The maximum Gasteiger partial charge on any atom is 0.0406 e.